The van der Waals surface area contributed by atoms with E-state index in [0.29, 0.717) is 35.9 Å². The predicted octanol–water partition coefficient (Wildman–Crippen LogP) is 8.59. The number of likely N-dealkylation sites (tertiary alicyclic amines) is 2. The van der Waals surface area contributed by atoms with Crippen molar-refractivity contribution in [1.29, 1.82) is 0 Å². The molecule has 0 aliphatic carbocycles. The van der Waals surface area contributed by atoms with Crippen LogP contribution >= 0.6 is 0 Å². The number of H-pyrrole nitrogens is 2. The van der Waals surface area contributed by atoms with Gasteiger partial charge in [-0.05, 0) is 67.0 Å². The molecule has 2 fully saturated rings. The van der Waals surface area contributed by atoms with E-state index in [4.69, 9.17) is 24.4 Å². The smallest absolute Gasteiger partial charge is 0.407 e. The first-order valence-corrected chi connectivity index (χ1v) is 21.8. The molecule has 15 heteroatoms. The molecule has 7 aromatic rings. The van der Waals surface area contributed by atoms with Crippen LogP contribution in [0.1, 0.15) is 79.0 Å². The van der Waals surface area contributed by atoms with Crippen LogP contribution in [0.3, 0.4) is 0 Å². The summed E-state index contributed by atoms with van der Waals surface area (Å²) in [6, 6.07) is 34.3. The average Bonchev–Trinajstić information content (AvgIpc) is 4.17. The standard InChI is InChI=1S/C50H49N9O6/c1-64-49(62)56-43(33-12-5-3-6-13-33)47(60)58-26-10-9-16-41(58)45-51-29-39(54-45)32-20-18-31(19-21-32)37-24-22-35-28-36(23-25-38(35)53-37)40-30-52-46(55-40)42-17-11-27-59(42)48(61)44(57-50(63)65-2)34-14-7-4-8-15-34/h3-8,12-15,18-25,28-30,41-44H,9-11,16-17,26-27H2,1-2H3,(H,51,54)(H,52,55)(H,56,62)(H,57,63). The Morgan fingerprint density at radius 3 is 1.68 bits per heavy atom. The monoisotopic (exact) mass is 871 g/mol. The molecule has 5 heterocycles. The Balaban J connectivity index is 0.881. The third kappa shape index (κ3) is 9.03. The summed E-state index contributed by atoms with van der Waals surface area (Å²) in [6.45, 7) is 1.09. The van der Waals surface area contributed by atoms with Crippen LogP contribution in [0.15, 0.2) is 128 Å². The zero-order valence-corrected chi connectivity index (χ0v) is 36.1. The Hall–Kier alpha value is -7.81. The number of carbonyl (C=O) groups is 4. The van der Waals surface area contributed by atoms with Crippen molar-refractivity contribution in [3.63, 3.8) is 0 Å². The number of pyridine rings is 1. The number of ether oxygens (including phenoxy) is 2. The summed E-state index contributed by atoms with van der Waals surface area (Å²) in [5.74, 6) is 0.949. The third-order valence-corrected chi connectivity index (χ3v) is 12.3. The van der Waals surface area contributed by atoms with E-state index >= 15 is 0 Å². The number of piperidine rings is 1. The highest BCUT2D eigenvalue weighted by molar-refractivity contribution is 5.89. The van der Waals surface area contributed by atoms with Crippen molar-refractivity contribution >= 4 is 34.9 Å². The van der Waals surface area contributed by atoms with Crippen molar-refractivity contribution in [3.05, 3.63) is 150 Å². The number of carbonyl (C=O) groups excluding carboxylic acids is 4. The van der Waals surface area contributed by atoms with Crippen molar-refractivity contribution in [3.8, 4) is 33.8 Å². The predicted molar refractivity (Wildman–Crippen MR) is 244 cm³/mol. The SMILES string of the molecule is COC(=O)NC(C(=O)N1CCCCC1c1ncc(-c2ccc(-c3ccc4cc(-c5cnc(C6CCCN6C(=O)C(NC(=O)OC)c6ccccc6)[nH]5)ccc4n3)cc2)[nH]1)c1ccccc1. The molecule has 4 aromatic carbocycles. The van der Waals surface area contributed by atoms with E-state index in [2.05, 4.69) is 32.7 Å². The van der Waals surface area contributed by atoms with E-state index in [1.165, 1.54) is 14.2 Å². The third-order valence-electron chi connectivity index (χ3n) is 12.3. The quantitative estimate of drug-likeness (QED) is 0.0987. The summed E-state index contributed by atoms with van der Waals surface area (Å²) < 4.78 is 9.70. The van der Waals surface area contributed by atoms with Crippen LogP contribution in [0.4, 0.5) is 9.59 Å². The molecule has 4 atom stereocenters. The van der Waals surface area contributed by atoms with Gasteiger partial charge in [0, 0.05) is 29.6 Å². The normalized spacial score (nSPS) is 17.0. The van der Waals surface area contributed by atoms with Gasteiger partial charge in [-0.1, -0.05) is 97.1 Å². The molecule has 2 saturated heterocycles. The number of methoxy groups -OCH3 is 2. The number of aromatic amines is 2. The topological polar surface area (TPSA) is 188 Å². The number of alkyl carbamates (subject to hydrolysis) is 2. The zero-order valence-electron chi connectivity index (χ0n) is 36.1. The Morgan fingerprint density at radius 2 is 1.11 bits per heavy atom. The summed E-state index contributed by atoms with van der Waals surface area (Å²) in [6.07, 6.45) is 6.33. The molecule has 65 heavy (non-hydrogen) atoms. The second-order valence-corrected chi connectivity index (χ2v) is 16.2. The van der Waals surface area contributed by atoms with Gasteiger partial charge in [-0.15, -0.1) is 0 Å². The van der Waals surface area contributed by atoms with E-state index in [1.807, 2.05) is 108 Å². The van der Waals surface area contributed by atoms with E-state index in [1.54, 1.807) is 17.3 Å². The maximum absolute atomic E-state index is 14.1. The first-order valence-electron chi connectivity index (χ1n) is 21.8. The summed E-state index contributed by atoms with van der Waals surface area (Å²) in [4.78, 5) is 77.6. The van der Waals surface area contributed by atoms with Crippen LogP contribution in [0.2, 0.25) is 0 Å². The molecule has 4 amide bonds. The number of imidazole rings is 2. The lowest BCUT2D eigenvalue weighted by molar-refractivity contribution is -0.137. The molecule has 0 bridgehead atoms. The minimum atomic E-state index is -0.894. The molecule has 330 valence electrons. The molecule has 0 saturated carbocycles. The average molecular weight is 872 g/mol. The van der Waals surface area contributed by atoms with Crippen LogP contribution < -0.4 is 10.6 Å². The molecule has 9 rings (SSSR count). The zero-order chi connectivity index (χ0) is 44.9. The van der Waals surface area contributed by atoms with Gasteiger partial charge in [-0.25, -0.2) is 24.5 Å². The molecule has 2 aliphatic heterocycles. The van der Waals surface area contributed by atoms with Gasteiger partial charge >= 0.3 is 12.2 Å². The minimum Gasteiger partial charge on any atom is -0.453 e. The molecule has 4 N–H and O–H groups in total. The van der Waals surface area contributed by atoms with Gasteiger partial charge in [-0.2, -0.15) is 0 Å². The van der Waals surface area contributed by atoms with Gasteiger partial charge in [0.1, 0.15) is 23.7 Å². The maximum atomic E-state index is 14.1. The molecule has 0 spiro atoms. The van der Waals surface area contributed by atoms with Crippen LogP contribution in [-0.2, 0) is 19.1 Å². The van der Waals surface area contributed by atoms with Gasteiger partial charge in [0.25, 0.3) is 11.8 Å². The summed E-state index contributed by atoms with van der Waals surface area (Å²) in [5, 5.41) is 6.41. The molecule has 2 aliphatic rings. The minimum absolute atomic E-state index is 0.213. The number of nitrogens with zero attached hydrogens (tertiary/aromatic N) is 5. The Bertz CT molecular complexity index is 2810. The van der Waals surface area contributed by atoms with E-state index in [9.17, 15) is 19.2 Å². The van der Waals surface area contributed by atoms with Crippen molar-refractivity contribution in [2.24, 2.45) is 0 Å². The van der Waals surface area contributed by atoms with E-state index in [0.717, 1.165) is 76.8 Å². The fourth-order valence-electron chi connectivity index (χ4n) is 8.93. The lowest BCUT2D eigenvalue weighted by Crippen LogP contribution is -2.46. The number of nitrogens with one attached hydrogen (secondary N) is 4. The summed E-state index contributed by atoms with van der Waals surface area (Å²) in [5.41, 5.74) is 7.52. The van der Waals surface area contributed by atoms with Crippen molar-refractivity contribution in [2.75, 3.05) is 27.3 Å². The fourth-order valence-corrected chi connectivity index (χ4v) is 8.93. The molecule has 0 radical (unpaired) electrons. The van der Waals surface area contributed by atoms with Gasteiger partial charge in [-0.3, -0.25) is 9.59 Å². The molecule has 3 aromatic heterocycles. The largest absolute Gasteiger partial charge is 0.453 e. The number of amides is 4. The second kappa shape index (κ2) is 18.9. The molecule has 15 nitrogen and oxygen atoms in total. The lowest BCUT2D eigenvalue weighted by Gasteiger charge is -2.37. The van der Waals surface area contributed by atoms with Crippen molar-refractivity contribution < 1.29 is 28.7 Å². The van der Waals surface area contributed by atoms with E-state index < -0.39 is 24.3 Å². The van der Waals surface area contributed by atoms with Crippen LogP contribution in [0.25, 0.3) is 44.7 Å². The lowest BCUT2D eigenvalue weighted by atomic mass is 9.98. The van der Waals surface area contributed by atoms with Crippen molar-refractivity contribution in [1.82, 2.24) is 45.4 Å². The highest BCUT2D eigenvalue weighted by Crippen LogP contribution is 2.36. The Kier molecular flexibility index (Phi) is 12.3. The number of hydrogen-bond acceptors (Lipinski definition) is 9. The fraction of sp³-hybridized carbons (Fsp3) is 0.260. The maximum Gasteiger partial charge on any atom is 0.407 e. The summed E-state index contributed by atoms with van der Waals surface area (Å²) >= 11 is 0. The van der Waals surface area contributed by atoms with Gasteiger partial charge in [0.05, 0.1) is 61.3 Å². The molecule has 4 unspecified atom stereocenters. The van der Waals surface area contributed by atoms with E-state index in [-0.39, 0.29) is 23.9 Å². The van der Waals surface area contributed by atoms with Crippen LogP contribution in [0.5, 0.6) is 0 Å². The Morgan fingerprint density at radius 1 is 0.600 bits per heavy atom. The van der Waals surface area contributed by atoms with Gasteiger partial charge in [0.2, 0.25) is 0 Å². The van der Waals surface area contributed by atoms with Gasteiger partial charge < -0.3 is 39.9 Å². The molecular formula is C50H49N9O6. The number of aromatic nitrogens is 5. The Labute approximate surface area is 375 Å². The first-order chi connectivity index (χ1) is 31.8. The van der Waals surface area contributed by atoms with Crippen LogP contribution in [0, 0.1) is 0 Å². The highest BCUT2D eigenvalue weighted by atomic mass is 16.5. The number of hydrogen-bond donors (Lipinski definition) is 4. The van der Waals surface area contributed by atoms with Gasteiger partial charge in [0.15, 0.2) is 0 Å². The number of fused-ring (bicyclic) bond motifs is 1. The highest BCUT2D eigenvalue weighted by Gasteiger charge is 2.38. The first kappa shape index (κ1) is 42.5. The molecular weight excluding hydrogens is 823 g/mol. The van der Waals surface area contributed by atoms with Crippen LogP contribution in [-0.4, -0.2) is 86.0 Å². The number of rotatable bonds is 11. The van der Waals surface area contributed by atoms with Crippen molar-refractivity contribution in [2.45, 2.75) is 56.3 Å². The number of benzene rings is 4. The summed E-state index contributed by atoms with van der Waals surface area (Å²) in [7, 11) is 2.56. The second-order valence-electron chi connectivity index (χ2n) is 16.2.